The molecule has 0 amide bonds. The van der Waals surface area contributed by atoms with Gasteiger partial charge in [0.15, 0.2) is 0 Å². The Morgan fingerprint density at radius 1 is 1.26 bits per heavy atom. The van der Waals surface area contributed by atoms with Crippen LogP contribution >= 0.6 is 0 Å². The summed E-state index contributed by atoms with van der Waals surface area (Å²) in [6, 6.07) is 0.901. The van der Waals surface area contributed by atoms with Crippen molar-refractivity contribution >= 4 is 5.95 Å². The number of hydrogen-bond donors (Lipinski definition) is 0. The number of aromatic nitrogens is 5. The molecule has 2 aromatic rings. The number of hydrogen-bond acceptors (Lipinski definition) is 5. The molecule has 1 aliphatic rings. The average molecular weight is 326 g/mol. The Bertz CT molecular complexity index is 696. The van der Waals surface area contributed by atoms with Crippen molar-refractivity contribution in [2.24, 2.45) is 0 Å². The predicted octanol–water partition coefficient (Wildman–Crippen LogP) is 2.37. The topological polar surface area (TPSA) is 59.7 Å². The van der Waals surface area contributed by atoms with Crippen molar-refractivity contribution in [3.8, 4) is 0 Å². The predicted molar refractivity (Wildman–Crippen MR) is 76.9 cm³/mol. The van der Waals surface area contributed by atoms with Gasteiger partial charge in [-0.2, -0.15) is 18.3 Å². The summed E-state index contributed by atoms with van der Waals surface area (Å²) in [5.74, 6) is 1.60. The van der Waals surface area contributed by atoms with Gasteiger partial charge in [0, 0.05) is 12.7 Å². The quantitative estimate of drug-likeness (QED) is 0.867. The van der Waals surface area contributed by atoms with Crippen LogP contribution in [0.1, 0.15) is 30.2 Å². The Hall–Kier alpha value is -2.19. The number of halogens is 3. The minimum Gasteiger partial charge on any atom is -0.336 e. The van der Waals surface area contributed by atoms with Crippen LogP contribution < -0.4 is 4.90 Å². The first-order chi connectivity index (χ1) is 10.8. The molecule has 124 valence electrons. The molecule has 3 heterocycles. The molecule has 0 radical (unpaired) electrons. The standard InChI is InChI=1S/C14H17F3N6/c1-9-19-10(2)23(21-9)8-11-4-3-7-22(11)13-18-6-5-12(20-13)14(15,16)17/h5-6,11H,3-4,7-8H2,1-2H3/t11-/m0/s1. The van der Waals surface area contributed by atoms with Crippen molar-refractivity contribution in [1.82, 2.24) is 24.7 Å². The first-order valence-electron chi connectivity index (χ1n) is 7.39. The number of nitrogens with zero attached hydrogens (tertiary/aromatic N) is 6. The molecule has 1 atom stereocenters. The zero-order chi connectivity index (χ0) is 16.6. The lowest BCUT2D eigenvalue weighted by Crippen LogP contribution is -2.35. The van der Waals surface area contributed by atoms with Crippen molar-refractivity contribution in [3.05, 3.63) is 29.6 Å². The Morgan fingerprint density at radius 3 is 2.70 bits per heavy atom. The van der Waals surface area contributed by atoms with E-state index in [2.05, 4.69) is 20.1 Å². The zero-order valence-corrected chi connectivity index (χ0v) is 12.9. The van der Waals surface area contributed by atoms with E-state index in [9.17, 15) is 13.2 Å². The fourth-order valence-electron chi connectivity index (χ4n) is 2.87. The second-order valence-electron chi connectivity index (χ2n) is 5.62. The smallest absolute Gasteiger partial charge is 0.336 e. The van der Waals surface area contributed by atoms with E-state index >= 15 is 0 Å². The second-order valence-corrected chi connectivity index (χ2v) is 5.62. The van der Waals surface area contributed by atoms with E-state index in [0.29, 0.717) is 18.9 Å². The molecule has 1 aliphatic heterocycles. The van der Waals surface area contributed by atoms with Crippen LogP contribution in [0.3, 0.4) is 0 Å². The molecule has 23 heavy (non-hydrogen) atoms. The van der Waals surface area contributed by atoms with Crippen molar-refractivity contribution < 1.29 is 13.2 Å². The van der Waals surface area contributed by atoms with Crippen LogP contribution in [0, 0.1) is 13.8 Å². The highest BCUT2D eigenvalue weighted by Crippen LogP contribution is 2.30. The number of rotatable bonds is 3. The normalized spacial score (nSPS) is 18.7. The molecule has 1 fully saturated rings. The Balaban J connectivity index is 1.83. The molecular formula is C14H17F3N6. The fraction of sp³-hybridized carbons (Fsp3) is 0.571. The van der Waals surface area contributed by atoms with Crippen LogP contribution in [-0.4, -0.2) is 37.3 Å². The summed E-state index contributed by atoms with van der Waals surface area (Å²) in [7, 11) is 0. The first kappa shape index (κ1) is 15.7. The fourth-order valence-corrected chi connectivity index (χ4v) is 2.87. The number of anilines is 1. The highest BCUT2D eigenvalue weighted by molar-refractivity contribution is 5.34. The second kappa shape index (κ2) is 5.78. The van der Waals surface area contributed by atoms with Gasteiger partial charge in [-0.1, -0.05) is 0 Å². The third kappa shape index (κ3) is 3.27. The van der Waals surface area contributed by atoms with Crippen LogP contribution in [0.25, 0.3) is 0 Å². The van der Waals surface area contributed by atoms with Gasteiger partial charge in [0.05, 0.1) is 12.6 Å². The largest absolute Gasteiger partial charge is 0.433 e. The molecule has 9 heteroatoms. The lowest BCUT2D eigenvalue weighted by molar-refractivity contribution is -0.141. The number of aryl methyl sites for hydroxylation is 2. The van der Waals surface area contributed by atoms with Crippen molar-refractivity contribution in [1.29, 1.82) is 0 Å². The summed E-state index contributed by atoms with van der Waals surface area (Å²) < 4.78 is 40.3. The minimum absolute atomic E-state index is 0.0123. The van der Waals surface area contributed by atoms with E-state index in [-0.39, 0.29) is 12.0 Å². The Morgan fingerprint density at radius 2 is 2.04 bits per heavy atom. The molecule has 0 unspecified atom stereocenters. The highest BCUT2D eigenvalue weighted by Gasteiger charge is 2.34. The van der Waals surface area contributed by atoms with Gasteiger partial charge in [-0.15, -0.1) is 0 Å². The lowest BCUT2D eigenvalue weighted by Gasteiger charge is -2.25. The third-order valence-corrected chi connectivity index (χ3v) is 3.91. The van der Waals surface area contributed by atoms with Gasteiger partial charge in [0.2, 0.25) is 5.95 Å². The van der Waals surface area contributed by atoms with Gasteiger partial charge in [-0.3, -0.25) is 0 Å². The van der Waals surface area contributed by atoms with Gasteiger partial charge in [-0.05, 0) is 32.8 Å². The van der Waals surface area contributed by atoms with E-state index in [4.69, 9.17) is 0 Å². The summed E-state index contributed by atoms with van der Waals surface area (Å²) in [6.07, 6.45) is -1.56. The monoisotopic (exact) mass is 326 g/mol. The van der Waals surface area contributed by atoms with Crippen LogP contribution in [0.4, 0.5) is 19.1 Å². The van der Waals surface area contributed by atoms with Gasteiger partial charge < -0.3 is 4.90 Å². The van der Waals surface area contributed by atoms with Gasteiger partial charge in [0.25, 0.3) is 0 Å². The molecule has 3 rings (SSSR count). The molecule has 0 bridgehead atoms. The molecule has 0 spiro atoms. The van der Waals surface area contributed by atoms with E-state index in [1.807, 2.05) is 18.7 Å². The van der Waals surface area contributed by atoms with Gasteiger partial charge in [0.1, 0.15) is 17.3 Å². The zero-order valence-electron chi connectivity index (χ0n) is 12.9. The molecule has 1 saturated heterocycles. The maximum Gasteiger partial charge on any atom is 0.433 e. The van der Waals surface area contributed by atoms with Crippen LogP contribution in [0.15, 0.2) is 12.3 Å². The van der Waals surface area contributed by atoms with Crippen molar-refractivity contribution in [3.63, 3.8) is 0 Å². The van der Waals surface area contributed by atoms with E-state index in [1.165, 1.54) is 0 Å². The minimum atomic E-state index is -4.47. The molecule has 0 N–H and O–H groups in total. The van der Waals surface area contributed by atoms with E-state index in [0.717, 1.165) is 30.9 Å². The molecule has 0 aromatic carbocycles. The SMILES string of the molecule is Cc1nc(C)n(C[C@@H]2CCCN2c2nccc(C(F)(F)F)n2)n1. The van der Waals surface area contributed by atoms with Crippen LogP contribution in [-0.2, 0) is 12.7 Å². The van der Waals surface area contributed by atoms with Crippen molar-refractivity contribution in [2.75, 3.05) is 11.4 Å². The molecule has 0 aliphatic carbocycles. The Kier molecular flexibility index (Phi) is 3.95. The summed E-state index contributed by atoms with van der Waals surface area (Å²) in [5.41, 5.74) is -0.916. The van der Waals surface area contributed by atoms with E-state index < -0.39 is 11.9 Å². The third-order valence-electron chi connectivity index (χ3n) is 3.91. The average Bonchev–Trinajstić information content (AvgIpc) is 3.05. The molecule has 2 aromatic heterocycles. The lowest BCUT2D eigenvalue weighted by atomic mass is 10.2. The first-order valence-corrected chi connectivity index (χ1v) is 7.39. The Labute approximate surface area is 131 Å². The van der Waals surface area contributed by atoms with Crippen LogP contribution in [0.2, 0.25) is 0 Å². The van der Waals surface area contributed by atoms with Crippen molar-refractivity contribution in [2.45, 2.75) is 45.5 Å². The van der Waals surface area contributed by atoms with Crippen LogP contribution in [0.5, 0.6) is 0 Å². The molecular weight excluding hydrogens is 309 g/mol. The summed E-state index contributed by atoms with van der Waals surface area (Å²) >= 11 is 0. The maximum atomic E-state index is 12.8. The maximum absolute atomic E-state index is 12.8. The summed E-state index contributed by atoms with van der Waals surface area (Å²) in [6.45, 7) is 4.87. The number of alkyl halides is 3. The van der Waals surface area contributed by atoms with E-state index in [1.54, 1.807) is 4.68 Å². The van der Waals surface area contributed by atoms with Gasteiger partial charge in [-0.25, -0.2) is 19.6 Å². The van der Waals surface area contributed by atoms with Gasteiger partial charge >= 0.3 is 6.18 Å². The molecule has 0 saturated carbocycles. The summed E-state index contributed by atoms with van der Waals surface area (Å²) in [4.78, 5) is 13.8. The highest BCUT2D eigenvalue weighted by atomic mass is 19.4. The molecule has 6 nitrogen and oxygen atoms in total. The summed E-state index contributed by atoms with van der Waals surface area (Å²) in [5, 5.41) is 4.32.